The molecule has 0 aromatic heterocycles. The summed E-state index contributed by atoms with van der Waals surface area (Å²) in [4.78, 5) is 45.5. The number of amides is 2. The number of esters is 2. The Morgan fingerprint density at radius 1 is 0.583 bits per heavy atom. The van der Waals surface area contributed by atoms with Crippen molar-refractivity contribution in [2.75, 3.05) is 26.3 Å². The maximum absolute atomic E-state index is 11.8. The van der Waals surface area contributed by atoms with Crippen LogP contribution >= 0.6 is 0 Å². The predicted octanol–water partition coefficient (Wildman–Crippen LogP) is -6.44. The maximum atomic E-state index is 11.8. The Kier molecular flexibility index (Phi) is 15.3. The van der Waals surface area contributed by atoms with Crippen molar-refractivity contribution in [1.29, 1.82) is 0 Å². The summed E-state index contributed by atoms with van der Waals surface area (Å²) in [5.74, 6) is -4.55. The van der Waals surface area contributed by atoms with E-state index in [1.165, 1.54) is 0 Å². The molecule has 2 amide bonds. The highest BCUT2D eigenvalue weighted by Gasteiger charge is 2.33. The summed E-state index contributed by atoms with van der Waals surface area (Å²) in [5.41, 5.74) is 0. The Morgan fingerprint density at radius 2 is 0.861 bits per heavy atom. The van der Waals surface area contributed by atoms with E-state index < -0.39 is 98.9 Å². The van der Waals surface area contributed by atoms with Gasteiger partial charge in [0.2, 0.25) is 0 Å². The minimum atomic E-state index is -2.03. The maximum Gasteiger partial charge on any atom is 0.330 e. The Morgan fingerprint density at radius 3 is 1.14 bits per heavy atom. The third-order valence-electron chi connectivity index (χ3n) is 4.55. The third kappa shape index (κ3) is 11.6. The molecule has 0 radical (unpaired) electrons. The van der Waals surface area contributed by atoms with Gasteiger partial charge in [-0.15, -0.1) is 0 Å². The first-order valence-corrected chi connectivity index (χ1v) is 10.4. The highest BCUT2D eigenvalue weighted by molar-refractivity contribution is 6.35. The van der Waals surface area contributed by atoms with Gasteiger partial charge in [-0.1, -0.05) is 13.2 Å². The molecule has 0 aliphatic heterocycles. The molecule has 0 aliphatic rings. The highest BCUT2D eigenvalue weighted by Crippen LogP contribution is 2.07. The van der Waals surface area contributed by atoms with Gasteiger partial charge in [0.1, 0.15) is 49.8 Å². The van der Waals surface area contributed by atoms with Crippen molar-refractivity contribution >= 4 is 23.8 Å². The van der Waals surface area contributed by atoms with Gasteiger partial charge in [-0.2, -0.15) is 0 Å². The van der Waals surface area contributed by atoms with Crippen molar-refractivity contribution in [3.05, 3.63) is 25.3 Å². The fourth-order valence-corrected chi connectivity index (χ4v) is 2.36. The van der Waals surface area contributed by atoms with E-state index in [-0.39, 0.29) is 0 Å². The van der Waals surface area contributed by atoms with E-state index in [1.807, 2.05) is 10.6 Å². The van der Waals surface area contributed by atoms with Crippen LogP contribution in [-0.2, 0) is 28.7 Å². The molecule has 0 rings (SSSR count). The van der Waals surface area contributed by atoms with E-state index in [2.05, 4.69) is 22.6 Å². The molecule has 206 valence electrons. The fraction of sp³-hybridized carbons (Fsp3) is 0.600. The zero-order chi connectivity index (χ0) is 28.0. The van der Waals surface area contributed by atoms with E-state index in [1.54, 1.807) is 0 Å². The van der Waals surface area contributed by atoms with Crippen LogP contribution in [0.5, 0.6) is 0 Å². The van der Waals surface area contributed by atoms with Crippen LogP contribution in [0.3, 0.4) is 0 Å². The molecule has 16 nitrogen and oxygen atoms in total. The monoisotopic (exact) mass is 524 g/mol. The number of carbonyl (C=O) groups excluding carboxylic acids is 4. The number of carbonyl (C=O) groups is 4. The van der Waals surface area contributed by atoms with Gasteiger partial charge in [0, 0.05) is 25.2 Å². The second kappa shape index (κ2) is 16.7. The van der Waals surface area contributed by atoms with Crippen molar-refractivity contribution in [2.45, 2.75) is 48.8 Å². The number of rotatable bonds is 16. The largest absolute Gasteiger partial charge is 0.460 e. The lowest BCUT2D eigenvalue weighted by molar-refractivity contribution is -0.151. The number of ether oxygens (including phenoxy) is 2. The van der Waals surface area contributed by atoms with Crippen molar-refractivity contribution < 1.29 is 69.5 Å². The van der Waals surface area contributed by atoms with E-state index in [4.69, 9.17) is 0 Å². The lowest BCUT2D eigenvalue weighted by Crippen LogP contribution is -2.53. The molecular weight excluding hydrogens is 492 g/mol. The Bertz CT molecular complexity index is 701. The van der Waals surface area contributed by atoms with Crippen molar-refractivity contribution in [2.24, 2.45) is 0 Å². The zero-order valence-corrected chi connectivity index (χ0v) is 19.0. The molecule has 10 N–H and O–H groups in total. The summed E-state index contributed by atoms with van der Waals surface area (Å²) in [6.07, 6.45) is -13.8. The summed E-state index contributed by atoms with van der Waals surface area (Å²) in [6, 6.07) is 0. The summed E-state index contributed by atoms with van der Waals surface area (Å²) in [6.45, 7) is 3.22. The molecule has 0 saturated carbocycles. The van der Waals surface area contributed by atoms with Crippen molar-refractivity contribution in [3.8, 4) is 0 Å². The summed E-state index contributed by atoms with van der Waals surface area (Å²) in [7, 11) is 0. The van der Waals surface area contributed by atoms with Gasteiger partial charge in [-0.05, 0) is 0 Å². The van der Waals surface area contributed by atoms with Crippen LogP contribution in [0.2, 0.25) is 0 Å². The molecule has 36 heavy (non-hydrogen) atoms. The standard InChI is InChI=1S/C20H32N2O14/c1-3-13(27)35-7-11(25)17(31)15(29)9(23)5-21-19(33)20(34)22-6-10(24)16(30)18(32)12(26)8-36-14(28)4-2/h3-4,9-12,15-18,23-26,29-32H,1-2,5-8H2,(H,21,33)(H,22,34). The van der Waals surface area contributed by atoms with Crippen LogP contribution in [0.25, 0.3) is 0 Å². The minimum Gasteiger partial charge on any atom is -0.460 e. The number of hydrogen-bond donors (Lipinski definition) is 10. The molecule has 8 atom stereocenters. The fourth-order valence-electron chi connectivity index (χ4n) is 2.36. The smallest absolute Gasteiger partial charge is 0.330 e. The van der Waals surface area contributed by atoms with E-state index in [0.29, 0.717) is 0 Å². The van der Waals surface area contributed by atoms with E-state index >= 15 is 0 Å². The molecule has 0 bridgehead atoms. The van der Waals surface area contributed by atoms with Gasteiger partial charge < -0.3 is 61.0 Å². The number of aliphatic hydroxyl groups excluding tert-OH is 8. The molecule has 0 fully saturated rings. The average Bonchev–Trinajstić information content (AvgIpc) is 2.88. The minimum absolute atomic E-state index is 0.732. The van der Waals surface area contributed by atoms with Crippen LogP contribution in [0, 0.1) is 0 Å². The molecule has 0 aromatic carbocycles. The normalized spacial score (nSPS) is 17.7. The summed E-state index contributed by atoms with van der Waals surface area (Å²) < 4.78 is 8.95. The predicted molar refractivity (Wildman–Crippen MR) is 116 cm³/mol. The molecule has 0 heterocycles. The first-order valence-electron chi connectivity index (χ1n) is 10.4. The topological polar surface area (TPSA) is 273 Å². The van der Waals surface area contributed by atoms with Gasteiger partial charge >= 0.3 is 23.8 Å². The van der Waals surface area contributed by atoms with Crippen LogP contribution in [0.15, 0.2) is 25.3 Å². The van der Waals surface area contributed by atoms with Crippen molar-refractivity contribution in [1.82, 2.24) is 10.6 Å². The zero-order valence-electron chi connectivity index (χ0n) is 19.0. The molecule has 0 aliphatic carbocycles. The van der Waals surface area contributed by atoms with Crippen LogP contribution in [0.1, 0.15) is 0 Å². The second-order valence-corrected chi connectivity index (χ2v) is 7.32. The van der Waals surface area contributed by atoms with E-state index in [9.17, 15) is 60.0 Å². The first-order chi connectivity index (χ1) is 16.8. The Hall–Kier alpha value is -2.96. The number of aliphatic hydroxyl groups is 8. The number of nitrogens with one attached hydrogen (secondary N) is 2. The second-order valence-electron chi connectivity index (χ2n) is 7.32. The first kappa shape index (κ1) is 33.0. The average molecular weight is 524 g/mol. The van der Waals surface area contributed by atoms with Gasteiger partial charge in [-0.3, -0.25) is 9.59 Å². The molecule has 0 saturated heterocycles. The van der Waals surface area contributed by atoms with Crippen molar-refractivity contribution in [3.63, 3.8) is 0 Å². The molecule has 8 unspecified atom stereocenters. The SMILES string of the molecule is C=CC(=O)OCC(O)C(O)C(O)C(O)CNC(=O)C(=O)NCC(O)C(O)C(O)C(O)COC(=O)C=C. The Labute approximate surface area is 205 Å². The quantitative estimate of drug-likeness (QED) is 0.0511. The highest BCUT2D eigenvalue weighted by atomic mass is 16.5. The lowest BCUT2D eigenvalue weighted by atomic mass is 10.0. The van der Waals surface area contributed by atoms with Gasteiger partial charge in [0.25, 0.3) is 0 Å². The van der Waals surface area contributed by atoms with Gasteiger partial charge in [0.15, 0.2) is 0 Å². The Balaban J connectivity index is 4.53. The van der Waals surface area contributed by atoms with Crippen LogP contribution < -0.4 is 10.6 Å². The van der Waals surface area contributed by atoms with Gasteiger partial charge in [0.05, 0.1) is 12.2 Å². The van der Waals surface area contributed by atoms with E-state index in [0.717, 1.165) is 12.2 Å². The molecular formula is C20H32N2O14. The summed E-state index contributed by atoms with van der Waals surface area (Å²) >= 11 is 0. The summed E-state index contributed by atoms with van der Waals surface area (Å²) in [5, 5.41) is 82.0. The third-order valence-corrected chi connectivity index (χ3v) is 4.55. The van der Waals surface area contributed by atoms with Crippen LogP contribution in [0.4, 0.5) is 0 Å². The lowest BCUT2D eigenvalue weighted by Gasteiger charge is -2.26. The molecule has 16 heteroatoms. The molecule has 0 aromatic rings. The number of hydrogen-bond acceptors (Lipinski definition) is 14. The molecule has 0 spiro atoms. The van der Waals surface area contributed by atoms with Crippen LogP contribution in [-0.4, -0.2) is 140 Å². The van der Waals surface area contributed by atoms with Gasteiger partial charge in [-0.25, -0.2) is 9.59 Å².